The van der Waals surface area contributed by atoms with Gasteiger partial charge < -0.3 is 18.9 Å². The molecule has 0 aromatic heterocycles. The van der Waals surface area contributed by atoms with Gasteiger partial charge in [0, 0.05) is 12.8 Å². The number of ether oxygens (including phenoxy) is 2. The minimum atomic E-state index is -4.39. The zero-order chi connectivity index (χ0) is 54.9. The quantitative estimate of drug-likeness (QED) is 0.0211. The van der Waals surface area contributed by atoms with Crippen LogP contribution in [0.2, 0.25) is 0 Å². The largest absolute Gasteiger partial charge is 0.472 e. The van der Waals surface area contributed by atoms with Crippen molar-refractivity contribution < 1.29 is 42.1 Å². The number of phosphoric ester groups is 1. The minimum Gasteiger partial charge on any atom is -0.462 e. The van der Waals surface area contributed by atoms with Crippen molar-refractivity contribution in [3.8, 4) is 0 Å². The third-order valence-electron chi connectivity index (χ3n) is 14.7. The van der Waals surface area contributed by atoms with Gasteiger partial charge in [0.2, 0.25) is 0 Å². The lowest BCUT2D eigenvalue weighted by Crippen LogP contribution is -2.37. The average Bonchev–Trinajstić information content (AvgIpc) is 3.37. The van der Waals surface area contributed by atoms with Crippen LogP contribution in [0.15, 0.2) is 24.3 Å². The van der Waals surface area contributed by atoms with Gasteiger partial charge in [-0.2, -0.15) is 0 Å². The number of hydrogen-bond acceptors (Lipinski definition) is 7. The van der Waals surface area contributed by atoms with E-state index in [1.165, 1.54) is 250 Å². The molecule has 0 radical (unpaired) electrons. The molecule has 9 nitrogen and oxygen atoms in total. The summed E-state index contributed by atoms with van der Waals surface area (Å²) in [4.78, 5) is 35.7. The van der Waals surface area contributed by atoms with Crippen LogP contribution in [-0.2, 0) is 32.7 Å². The van der Waals surface area contributed by atoms with Crippen LogP contribution in [0.4, 0.5) is 0 Å². The SMILES string of the molecule is CCCCC/C=C\C/C=C\CCCCCCCCCCCC(=O)OC(COC(=O)CCCCCCCCCCCCCCCCCCCCCCCCCCCCCCCCCC)COP(=O)(O)OCC[N+](C)(C)C. The number of phosphoric acid groups is 1. The van der Waals surface area contributed by atoms with Crippen LogP contribution < -0.4 is 0 Å². The van der Waals surface area contributed by atoms with Gasteiger partial charge in [-0.3, -0.25) is 18.6 Å². The second-order valence-electron chi connectivity index (χ2n) is 23.5. The molecule has 0 heterocycles. The second kappa shape index (κ2) is 57.2. The summed E-state index contributed by atoms with van der Waals surface area (Å²) in [6, 6.07) is 0. The molecule has 75 heavy (non-hydrogen) atoms. The van der Waals surface area contributed by atoms with Crippen molar-refractivity contribution in [2.24, 2.45) is 0 Å². The van der Waals surface area contributed by atoms with E-state index in [0.717, 1.165) is 44.9 Å². The lowest BCUT2D eigenvalue weighted by atomic mass is 10.0. The van der Waals surface area contributed by atoms with Crippen LogP contribution >= 0.6 is 7.82 Å². The van der Waals surface area contributed by atoms with Crippen molar-refractivity contribution in [1.82, 2.24) is 0 Å². The molecule has 0 saturated heterocycles. The monoisotopic (exact) mass is 1080 g/mol. The molecule has 2 unspecified atom stereocenters. The molecule has 0 aromatic rings. The van der Waals surface area contributed by atoms with Crippen molar-refractivity contribution in [2.45, 2.75) is 335 Å². The highest BCUT2D eigenvalue weighted by Crippen LogP contribution is 2.43. The van der Waals surface area contributed by atoms with Gasteiger partial charge in [0.25, 0.3) is 0 Å². The summed E-state index contributed by atoms with van der Waals surface area (Å²) >= 11 is 0. The molecule has 0 aromatic carbocycles. The highest BCUT2D eigenvalue weighted by Gasteiger charge is 2.27. The molecule has 0 fully saturated rings. The van der Waals surface area contributed by atoms with Crippen LogP contribution in [0.5, 0.6) is 0 Å². The number of carbonyl (C=O) groups is 2. The Morgan fingerprint density at radius 2 is 0.720 bits per heavy atom. The number of allylic oxidation sites excluding steroid dienone is 4. The maximum Gasteiger partial charge on any atom is 0.472 e. The van der Waals surface area contributed by atoms with Crippen LogP contribution in [0, 0.1) is 0 Å². The zero-order valence-electron chi connectivity index (χ0n) is 50.6. The first-order valence-electron chi connectivity index (χ1n) is 32.6. The molecule has 0 rings (SSSR count). The molecule has 0 bridgehead atoms. The Morgan fingerprint density at radius 1 is 0.413 bits per heavy atom. The van der Waals surface area contributed by atoms with E-state index in [2.05, 4.69) is 38.2 Å². The Hall–Kier alpha value is -1.51. The van der Waals surface area contributed by atoms with Crippen LogP contribution in [0.25, 0.3) is 0 Å². The number of rotatable bonds is 61. The minimum absolute atomic E-state index is 0.0333. The van der Waals surface area contributed by atoms with E-state index in [1.54, 1.807) is 0 Å². The Balaban J connectivity index is 3.98. The van der Waals surface area contributed by atoms with E-state index < -0.39 is 26.5 Å². The third kappa shape index (κ3) is 61.6. The van der Waals surface area contributed by atoms with E-state index in [4.69, 9.17) is 18.5 Å². The molecule has 444 valence electrons. The first kappa shape index (κ1) is 73.5. The number of nitrogens with zero attached hydrogens (tertiary/aromatic N) is 1. The molecular formula is C65H127NO8P+. The zero-order valence-corrected chi connectivity index (χ0v) is 51.5. The van der Waals surface area contributed by atoms with E-state index in [9.17, 15) is 19.0 Å². The van der Waals surface area contributed by atoms with Crippen molar-refractivity contribution in [1.29, 1.82) is 0 Å². The predicted molar refractivity (Wildman–Crippen MR) is 321 cm³/mol. The van der Waals surface area contributed by atoms with Crippen molar-refractivity contribution in [3.63, 3.8) is 0 Å². The van der Waals surface area contributed by atoms with Crippen molar-refractivity contribution >= 4 is 19.8 Å². The number of unbranched alkanes of at least 4 members (excludes halogenated alkanes) is 43. The van der Waals surface area contributed by atoms with E-state index in [-0.39, 0.29) is 25.6 Å². The number of hydrogen-bond donors (Lipinski definition) is 1. The summed E-state index contributed by atoms with van der Waals surface area (Å²) in [5.41, 5.74) is 0. The Labute approximate surface area is 466 Å². The maximum atomic E-state index is 12.8. The van der Waals surface area contributed by atoms with Gasteiger partial charge in [0.1, 0.15) is 19.8 Å². The van der Waals surface area contributed by atoms with Gasteiger partial charge in [-0.1, -0.05) is 295 Å². The molecular weight excluding hydrogens is 954 g/mol. The van der Waals surface area contributed by atoms with E-state index >= 15 is 0 Å². The number of esters is 2. The van der Waals surface area contributed by atoms with E-state index in [1.807, 2.05) is 21.1 Å². The van der Waals surface area contributed by atoms with Gasteiger partial charge >= 0.3 is 19.8 Å². The van der Waals surface area contributed by atoms with Crippen LogP contribution in [0.1, 0.15) is 328 Å². The summed E-state index contributed by atoms with van der Waals surface area (Å²) in [7, 11) is 1.49. The van der Waals surface area contributed by atoms with Crippen LogP contribution in [0.3, 0.4) is 0 Å². The fraction of sp³-hybridized carbons (Fsp3) is 0.908. The van der Waals surface area contributed by atoms with E-state index in [0.29, 0.717) is 23.9 Å². The number of carbonyl (C=O) groups excluding carboxylic acids is 2. The summed E-state index contributed by atoms with van der Waals surface area (Å²) in [5.74, 6) is -0.784. The summed E-state index contributed by atoms with van der Waals surface area (Å²) in [6.07, 6.45) is 69.9. The molecule has 1 N–H and O–H groups in total. The molecule has 2 atom stereocenters. The third-order valence-corrected chi connectivity index (χ3v) is 15.7. The Bertz CT molecular complexity index is 1320. The molecule has 0 aliphatic rings. The lowest BCUT2D eigenvalue weighted by Gasteiger charge is -2.24. The summed E-state index contributed by atoms with van der Waals surface area (Å²) in [5, 5.41) is 0. The number of quaternary nitrogens is 1. The van der Waals surface area contributed by atoms with Gasteiger partial charge in [-0.15, -0.1) is 0 Å². The standard InChI is InChI=1S/C65H126NO8P/c1-6-8-10-12-14-16-18-20-22-24-26-27-28-29-30-31-32-33-34-35-36-37-38-40-41-43-45-47-49-51-53-55-57-64(67)71-61-63(62-73-75(69,70)72-60-59-66(3,4)5)74-65(68)58-56-54-52-50-48-46-44-42-39-25-23-21-19-17-15-13-11-9-7-2/h15,17,21,23,63H,6-14,16,18-20,22,24-62H2,1-5H3/p+1/b17-15-,23-21-. The second-order valence-corrected chi connectivity index (χ2v) is 25.0. The van der Waals surface area contributed by atoms with Crippen molar-refractivity contribution in [3.05, 3.63) is 24.3 Å². The fourth-order valence-corrected chi connectivity index (χ4v) is 10.4. The van der Waals surface area contributed by atoms with Gasteiger partial charge in [0.05, 0.1) is 27.7 Å². The van der Waals surface area contributed by atoms with Crippen LogP contribution in [-0.4, -0.2) is 74.9 Å². The number of likely N-dealkylation sites (N-methyl/N-ethyl adjacent to an activating group) is 1. The van der Waals surface area contributed by atoms with Gasteiger partial charge in [-0.25, -0.2) is 4.57 Å². The predicted octanol–water partition coefficient (Wildman–Crippen LogP) is 20.5. The highest BCUT2D eigenvalue weighted by atomic mass is 31.2. The molecule has 0 aliphatic heterocycles. The maximum absolute atomic E-state index is 12.8. The molecule has 10 heteroatoms. The Morgan fingerprint density at radius 3 is 1.08 bits per heavy atom. The van der Waals surface area contributed by atoms with Crippen molar-refractivity contribution in [2.75, 3.05) is 47.5 Å². The normalized spacial score (nSPS) is 13.3. The van der Waals surface area contributed by atoms with Gasteiger partial charge in [0.15, 0.2) is 6.10 Å². The topological polar surface area (TPSA) is 108 Å². The molecule has 0 saturated carbocycles. The molecule has 0 spiro atoms. The lowest BCUT2D eigenvalue weighted by molar-refractivity contribution is -0.870. The summed E-state index contributed by atoms with van der Waals surface area (Å²) in [6.45, 7) is 4.46. The Kier molecular flexibility index (Phi) is 56.0. The highest BCUT2D eigenvalue weighted by molar-refractivity contribution is 7.47. The average molecular weight is 1080 g/mol. The molecule has 0 aliphatic carbocycles. The first-order chi connectivity index (χ1) is 36.5. The van der Waals surface area contributed by atoms with Gasteiger partial charge in [-0.05, 0) is 44.9 Å². The summed E-state index contributed by atoms with van der Waals surface area (Å²) < 4.78 is 34.6. The molecule has 0 amide bonds. The fourth-order valence-electron chi connectivity index (χ4n) is 9.70. The smallest absolute Gasteiger partial charge is 0.462 e. The first-order valence-corrected chi connectivity index (χ1v) is 34.1.